The summed E-state index contributed by atoms with van der Waals surface area (Å²) >= 11 is 0. The van der Waals surface area contributed by atoms with E-state index in [2.05, 4.69) is 9.88 Å². The van der Waals surface area contributed by atoms with Crippen molar-refractivity contribution < 1.29 is 13.2 Å². The van der Waals surface area contributed by atoms with Crippen LogP contribution in [-0.4, -0.2) is 78.9 Å². The smallest absolute Gasteiger partial charge is 0.227 e. The molecule has 2 aliphatic rings. The van der Waals surface area contributed by atoms with Crippen molar-refractivity contribution in [3.05, 3.63) is 30.1 Å². The average Bonchev–Trinajstić information content (AvgIpc) is 2.62. The lowest BCUT2D eigenvalue weighted by molar-refractivity contribution is -0.138. The molecule has 0 N–H and O–H groups in total. The Balaban J connectivity index is 1.51. The number of rotatable bonds is 4. The van der Waals surface area contributed by atoms with E-state index in [9.17, 15) is 13.2 Å². The van der Waals surface area contributed by atoms with Gasteiger partial charge in [-0.2, -0.15) is 0 Å². The fourth-order valence-corrected chi connectivity index (χ4v) is 4.46. The molecule has 0 bridgehead atoms. The molecule has 0 aromatic carbocycles. The van der Waals surface area contributed by atoms with Crippen molar-refractivity contribution in [3.8, 4) is 0 Å². The fraction of sp³-hybridized carbons (Fsp3) is 0.647. The van der Waals surface area contributed by atoms with Crippen LogP contribution < -0.4 is 0 Å². The molecule has 0 spiro atoms. The van der Waals surface area contributed by atoms with Gasteiger partial charge in [-0.3, -0.25) is 14.7 Å². The number of carbonyl (C=O) groups excluding carboxylic acids is 1. The van der Waals surface area contributed by atoms with Crippen LogP contribution in [0.15, 0.2) is 24.4 Å². The number of hydrogen-bond donors (Lipinski definition) is 0. The minimum absolute atomic E-state index is 0.103. The summed E-state index contributed by atoms with van der Waals surface area (Å²) in [6.07, 6.45) is 4.55. The van der Waals surface area contributed by atoms with Gasteiger partial charge in [0.05, 0.1) is 17.9 Å². The van der Waals surface area contributed by atoms with Crippen LogP contribution >= 0.6 is 0 Å². The highest BCUT2D eigenvalue weighted by atomic mass is 32.2. The van der Waals surface area contributed by atoms with Gasteiger partial charge in [0, 0.05) is 52.0 Å². The second-order valence-electron chi connectivity index (χ2n) is 6.88. The van der Waals surface area contributed by atoms with Crippen LogP contribution in [0.5, 0.6) is 0 Å². The zero-order valence-electron chi connectivity index (χ0n) is 14.7. The first-order valence-corrected chi connectivity index (χ1v) is 10.6. The number of piperazine rings is 1. The third-order valence-corrected chi connectivity index (χ3v) is 6.27. The highest BCUT2D eigenvalue weighted by Gasteiger charge is 2.33. The molecule has 1 unspecified atom stereocenters. The number of piperidine rings is 1. The maximum atomic E-state index is 12.8. The lowest BCUT2D eigenvalue weighted by atomic mass is 9.97. The summed E-state index contributed by atoms with van der Waals surface area (Å²) in [5.41, 5.74) is 1.04. The molecular weight excluding hydrogens is 340 g/mol. The number of aromatic nitrogens is 1. The molecule has 3 heterocycles. The number of carbonyl (C=O) groups is 1. The van der Waals surface area contributed by atoms with E-state index in [1.807, 2.05) is 23.1 Å². The molecule has 2 fully saturated rings. The SMILES string of the molecule is CS(=O)(=O)N1CCCC(C(=O)N2CCN(Cc3ccccn3)CC2)C1. The highest BCUT2D eigenvalue weighted by molar-refractivity contribution is 7.88. The van der Waals surface area contributed by atoms with Crippen LogP contribution in [0.3, 0.4) is 0 Å². The van der Waals surface area contributed by atoms with Crippen LogP contribution in [0, 0.1) is 5.92 Å². The molecule has 138 valence electrons. The maximum absolute atomic E-state index is 12.8. The lowest BCUT2D eigenvalue weighted by Crippen LogP contribution is -2.52. The first-order chi connectivity index (χ1) is 11.9. The molecule has 1 amide bonds. The van der Waals surface area contributed by atoms with Crippen molar-refractivity contribution >= 4 is 15.9 Å². The standard InChI is InChI=1S/C17H26N4O3S/c1-25(23,24)21-8-4-5-15(13-21)17(22)20-11-9-19(10-12-20)14-16-6-2-3-7-18-16/h2-3,6-7,15H,4-5,8-14H2,1H3. The van der Waals surface area contributed by atoms with Crippen molar-refractivity contribution in [1.29, 1.82) is 0 Å². The van der Waals surface area contributed by atoms with Gasteiger partial charge in [0.1, 0.15) is 0 Å². The Hall–Kier alpha value is -1.51. The van der Waals surface area contributed by atoms with E-state index in [4.69, 9.17) is 0 Å². The number of amides is 1. The second-order valence-corrected chi connectivity index (χ2v) is 8.87. The summed E-state index contributed by atoms with van der Waals surface area (Å²) < 4.78 is 24.9. The molecule has 2 aliphatic heterocycles. The van der Waals surface area contributed by atoms with Gasteiger partial charge in [-0.05, 0) is 25.0 Å². The Morgan fingerprint density at radius 2 is 1.96 bits per heavy atom. The van der Waals surface area contributed by atoms with Crippen molar-refractivity contribution in [1.82, 2.24) is 19.1 Å². The van der Waals surface area contributed by atoms with E-state index in [0.717, 1.165) is 38.2 Å². The number of hydrogen-bond acceptors (Lipinski definition) is 5. The molecule has 8 heteroatoms. The predicted octanol–water partition coefficient (Wildman–Crippen LogP) is 0.397. The summed E-state index contributed by atoms with van der Waals surface area (Å²) in [4.78, 5) is 21.3. The van der Waals surface area contributed by atoms with Gasteiger partial charge in [0.15, 0.2) is 0 Å². The van der Waals surface area contributed by atoms with Crippen molar-refractivity contribution in [2.24, 2.45) is 5.92 Å². The fourth-order valence-electron chi connectivity index (χ4n) is 3.55. The highest BCUT2D eigenvalue weighted by Crippen LogP contribution is 2.21. The van der Waals surface area contributed by atoms with Crippen molar-refractivity contribution in [2.75, 3.05) is 45.5 Å². The topological polar surface area (TPSA) is 73.8 Å². The van der Waals surface area contributed by atoms with Crippen molar-refractivity contribution in [2.45, 2.75) is 19.4 Å². The van der Waals surface area contributed by atoms with E-state index in [1.165, 1.54) is 10.6 Å². The summed E-state index contributed by atoms with van der Waals surface area (Å²) in [7, 11) is -3.22. The molecule has 2 saturated heterocycles. The zero-order chi connectivity index (χ0) is 17.9. The van der Waals surface area contributed by atoms with Gasteiger partial charge in [-0.15, -0.1) is 0 Å². The average molecular weight is 366 g/mol. The molecule has 7 nitrogen and oxygen atoms in total. The minimum Gasteiger partial charge on any atom is -0.340 e. The normalized spacial score (nSPS) is 23.6. The molecule has 1 aromatic heterocycles. The third kappa shape index (κ3) is 4.77. The Morgan fingerprint density at radius 1 is 1.20 bits per heavy atom. The summed E-state index contributed by atoms with van der Waals surface area (Å²) in [6.45, 7) is 4.69. The van der Waals surface area contributed by atoms with Crippen molar-refractivity contribution in [3.63, 3.8) is 0 Å². The largest absolute Gasteiger partial charge is 0.340 e. The first kappa shape index (κ1) is 18.3. The zero-order valence-corrected chi connectivity index (χ0v) is 15.5. The molecular formula is C17H26N4O3S. The first-order valence-electron chi connectivity index (χ1n) is 8.79. The Morgan fingerprint density at radius 3 is 2.60 bits per heavy atom. The van der Waals surface area contributed by atoms with Crippen LogP contribution in [0.4, 0.5) is 0 Å². The molecule has 25 heavy (non-hydrogen) atoms. The third-order valence-electron chi connectivity index (χ3n) is 5.00. The Bertz CT molecular complexity index is 687. The predicted molar refractivity (Wildman–Crippen MR) is 95.2 cm³/mol. The molecule has 1 aromatic rings. The number of pyridine rings is 1. The molecule has 0 aliphatic carbocycles. The van der Waals surface area contributed by atoms with Crippen LogP contribution in [0.1, 0.15) is 18.5 Å². The Labute approximate surface area is 149 Å². The summed E-state index contributed by atoms with van der Waals surface area (Å²) in [5, 5.41) is 0. The number of sulfonamides is 1. The van der Waals surface area contributed by atoms with Gasteiger partial charge in [0.25, 0.3) is 0 Å². The quantitative estimate of drug-likeness (QED) is 0.771. The van der Waals surface area contributed by atoms with E-state index in [-0.39, 0.29) is 11.8 Å². The maximum Gasteiger partial charge on any atom is 0.227 e. The Kier molecular flexibility index (Phi) is 5.71. The van der Waals surface area contributed by atoms with Gasteiger partial charge in [-0.25, -0.2) is 12.7 Å². The van der Waals surface area contributed by atoms with Crippen LogP contribution in [0.25, 0.3) is 0 Å². The van der Waals surface area contributed by atoms with Gasteiger partial charge in [-0.1, -0.05) is 6.07 Å². The van der Waals surface area contributed by atoms with Gasteiger partial charge < -0.3 is 4.90 Å². The second kappa shape index (κ2) is 7.80. The van der Waals surface area contributed by atoms with Crippen LogP contribution in [-0.2, 0) is 21.4 Å². The molecule has 1 atom stereocenters. The van der Waals surface area contributed by atoms with E-state index < -0.39 is 10.0 Å². The number of nitrogens with zero attached hydrogens (tertiary/aromatic N) is 4. The van der Waals surface area contributed by atoms with Crippen LogP contribution in [0.2, 0.25) is 0 Å². The van der Waals surface area contributed by atoms with Gasteiger partial charge in [0.2, 0.25) is 15.9 Å². The molecule has 3 rings (SSSR count). The van der Waals surface area contributed by atoms with E-state index in [1.54, 1.807) is 6.20 Å². The lowest BCUT2D eigenvalue weighted by Gasteiger charge is -2.38. The molecule has 0 saturated carbocycles. The van der Waals surface area contributed by atoms with E-state index >= 15 is 0 Å². The minimum atomic E-state index is -3.22. The van der Waals surface area contributed by atoms with E-state index in [0.29, 0.717) is 26.2 Å². The monoisotopic (exact) mass is 366 g/mol. The van der Waals surface area contributed by atoms with Gasteiger partial charge >= 0.3 is 0 Å². The molecule has 0 radical (unpaired) electrons. The summed E-state index contributed by atoms with van der Waals surface area (Å²) in [6, 6.07) is 5.90. The summed E-state index contributed by atoms with van der Waals surface area (Å²) in [5.74, 6) is -0.100.